The van der Waals surface area contributed by atoms with E-state index < -0.39 is 0 Å². The highest BCUT2D eigenvalue weighted by Gasteiger charge is 2.18. The molecule has 0 aliphatic carbocycles. The molecule has 0 unspecified atom stereocenters. The molecule has 4 aromatic heterocycles. The van der Waals surface area contributed by atoms with Crippen molar-refractivity contribution < 1.29 is 4.42 Å². The van der Waals surface area contributed by atoms with Crippen molar-refractivity contribution in [2.45, 2.75) is 0 Å². The molecule has 0 amide bonds. The van der Waals surface area contributed by atoms with Gasteiger partial charge in [-0.1, -0.05) is 97.1 Å². The van der Waals surface area contributed by atoms with Crippen molar-refractivity contribution >= 4 is 54.6 Å². The number of benzene rings is 6. The van der Waals surface area contributed by atoms with Gasteiger partial charge in [-0.25, -0.2) is 19.9 Å². The maximum Gasteiger partial charge on any atom is 0.164 e. The number of para-hydroxylation sites is 1. The molecule has 48 heavy (non-hydrogen) atoms. The summed E-state index contributed by atoms with van der Waals surface area (Å²) < 4.78 is 8.76. The predicted molar refractivity (Wildman–Crippen MR) is 193 cm³/mol. The Hall–Kier alpha value is -6.66. The number of hydrogen-bond donors (Lipinski definition) is 0. The topological polar surface area (TPSA) is 69.6 Å². The molecule has 0 aliphatic heterocycles. The first-order valence-electron chi connectivity index (χ1n) is 15.9. The molecule has 0 radical (unpaired) electrons. The van der Waals surface area contributed by atoms with E-state index >= 15 is 0 Å². The Bertz CT molecular complexity index is 2790. The van der Waals surface area contributed by atoms with Crippen molar-refractivity contribution in [2.75, 3.05) is 0 Å². The highest BCUT2D eigenvalue weighted by molar-refractivity contribution is 6.09. The molecule has 0 saturated heterocycles. The van der Waals surface area contributed by atoms with E-state index in [1.165, 1.54) is 5.39 Å². The summed E-state index contributed by atoms with van der Waals surface area (Å²) in [5.74, 6) is 1.84. The van der Waals surface area contributed by atoms with Gasteiger partial charge in [-0.15, -0.1) is 0 Å². The van der Waals surface area contributed by atoms with Gasteiger partial charge in [0, 0.05) is 50.5 Å². The van der Waals surface area contributed by atoms with Crippen LogP contribution in [0.4, 0.5) is 0 Å². The molecule has 0 N–H and O–H groups in total. The van der Waals surface area contributed by atoms with Crippen LogP contribution in [0.25, 0.3) is 94.5 Å². The van der Waals surface area contributed by atoms with Crippen LogP contribution < -0.4 is 0 Å². The molecule has 6 heteroatoms. The molecule has 6 nitrogen and oxygen atoms in total. The zero-order valence-electron chi connectivity index (χ0n) is 25.6. The monoisotopic (exact) mass is 615 g/mol. The first kappa shape index (κ1) is 26.5. The highest BCUT2D eigenvalue weighted by atomic mass is 16.3. The molecule has 0 spiro atoms. The van der Waals surface area contributed by atoms with Gasteiger partial charge in [0.15, 0.2) is 17.5 Å². The Balaban J connectivity index is 1.14. The zero-order chi connectivity index (χ0) is 31.6. The maximum absolute atomic E-state index is 6.56. The van der Waals surface area contributed by atoms with E-state index in [1.807, 2.05) is 66.9 Å². The van der Waals surface area contributed by atoms with Crippen molar-refractivity contribution in [3.8, 4) is 39.9 Å². The average molecular weight is 616 g/mol. The van der Waals surface area contributed by atoms with Crippen LogP contribution in [0, 0.1) is 0 Å². The summed E-state index contributed by atoms with van der Waals surface area (Å²) in [4.78, 5) is 19.7. The normalized spacial score (nSPS) is 11.8. The fraction of sp³-hybridized carbons (Fsp3) is 0. The summed E-state index contributed by atoms with van der Waals surface area (Å²) in [5, 5.41) is 6.61. The highest BCUT2D eigenvalue weighted by Crippen LogP contribution is 2.36. The number of hydrogen-bond acceptors (Lipinski definition) is 5. The summed E-state index contributed by atoms with van der Waals surface area (Å²) in [6.45, 7) is 0. The Morgan fingerprint density at radius 2 is 1.15 bits per heavy atom. The van der Waals surface area contributed by atoms with Crippen LogP contribution in [0.3, 0.4) is 0 Å². The van der Waals surface area contributed by atoms with Gasteiger partial charge in [0.1, 0.15) is 16.8 Å². The molecular formula is C42H25N5O. The van der Waals surface area contributed by atoms with Gasteiger partial charge in [0.05, 0.1) is 11.2 Å². The SMILES string of the molecule is c1ccc(-c2nc(-c3ccc4c(c3)oc3cc(-n5c6ccccc6c6cccnc65)ccc34)nc(-c3cccc4ccccc34)n2)cc1. The minimum atomic E-state index is 0.589. The lowest BCUT2D eigenvalue weighted by Gasteiger charge is -2.10. The van der Waals surface area contributed by atoms with Crippen molar-refractivity contribution in [1.82, 2.24) is 24.5 Å². The van der Waals surface area contributed by atoms with Crippen molar-refractivity contribution in [3.63, 3.8) is 0 Å². The Morgan fingerprint density at radius 1 is 0.458 bits per heavy atom. The molecule has 0 fully saturated rings. The minimum Gasteiger partial charge on any atom is -0.456 e. The molecule has 0 atom stereocenters. The van der Waals surface area contributed by atoms with Crippen LogP contribution in [0.5, 0.6) is 0 Å². The second kappa shape index (κ2) is 10.4. The summed E-state index contributed by atoms with van der Waals surface area (Å²) in [6.07, 6.45) is 1.84. The third-order valence-corrected chi connectivity index (χ3v) is 9.10. The van der Waals surface area contributed by atoms with E-state index in [4.69, 9.17) is 24.4 Å². The van der Waals surface area contributed by atoms with Crippen LogP contribution in [0.2, 0.25) is 0 Å². The summed E-state index contributed by atoms with van der Waals surface area (Å²) >= 11 is 0. The largest absolute Gasteiger partial charge is 0.456 e. The van der Waals surface area contributed by atoms with Crippen molar-refractivity contribution in [1.29, 1.82) is 0 Å². The lowest BCUT2D eigenvalue weighted by atomic mass is 10.0. The fourth-order valence-electron chi connectivity index (χ4n) is 6.86. The number of pyridine rings is 1. The van der Waals surface area contributed by atoms with E-state index in [2.05, 4.69) is 89.5 Å². The molecule has 4 heterocycles. The minimum absolute atomic E-state index is 0.589. The Kier molecular flexibility index (Phi) is 5.77. The number of fused-ring (bicyclic) bond motifs is 7. The van der Waals surface area contributed by atoms with Gasteiger partial charge < -0.3 is 4.42 Å². The first-order chi connectivity index (χ1) is 23.8. The number of furan rings is 1. The molecule has 0 aliphatic rings. The lowest BCUT2D eigenvalue weighted by Crippen LogP contribution is -2.00. The second-order valence-corrected chi connectivity index (χ2v) is 11.9. The molecule has 0 saturated carbocycles. The molecule has 10 rings (SSSR count). The van der Waals surface area contributed by atoms with Crippen LogP contribution in [-0.2, 0) is 0 Å². The molecule has 10 aromatic rings. The van der Waals surface area contributed by atoms with E-state index in [9.17, 15) is 0 Å². The number of aromatic nitrogens is 5. The van der Waals surface area contributed by atoms with E-state index in [1.54, 1.807) is 0 Å². The Morgan fingerprint density at radius 3 is 2.04 bits per heavy atom. The van der Waals surface area contributed by atoms with E-state index in [0.29, 0.717) is 17.5 Å². The van der Waals surface area contributed by atoms with Gasteiger partial charge in [0.2, 0.25) is 0 Å². The first-order valence-corrected chi connectivity index (χ1v) is 15.9. The van der Waals surface area contributed by atoms with Crippen LogP contribution >= 0.6 is 0 Å². The van der Waals surface area contributed by atoms with Crippen LogP contribution in [-0.4, -0.2) is 24.5 Å². The van der Waals surface area contributed by atoms with Gasteiger partial charge in [-0.2, -0.15) is 0 Å². The third-order valence-electron chi connectivity index (χ3n) is 9.10. The quantitative estimate of drug-likeness (QED) is 0.197. The molecule has 224 valence electrons. The smallest absolute Gasteiger partial charge is 0.164 e. The number of nitrogens with zero attached hydrogens (tertiary/aromatic N) is 5. The standard InChI is InChI=1S/C42H25N5O/c1-2-11-27(12-3-1)39-44-40(46-41(45-39)34-16-8-13-26-10-4-5-14-30(26)34)28-19-21-32-33-22-20-29(25-38(33)48-37(32)24-28)47-36-18-7-6-15-31(36)35-17-9-23-43-42(35)47/h1-25H. The maximum atomic E-state index is 6.56. The van der Waals surface area contributed by atoms with E-state index in [0.717, 1.165) is 71.6 Å². The summed E-state index contributed by atoms with van der Waals surface area (Å²) in [6, 6.07) is 49.7. The molecule has 0 bridgehead atoms. The van der Waals surface area contributed by atoms with Gasteiger partial charge in [-0.3, -0.25) is 4.57 Å². The summed E-state index contributed by atoms with van der Waals surface area (Å²) in [7, 11) is 0. The van der Waals surface area contributed by atoms with Crippen LogP contribution in [0.15, 0.2) is 156 Å². The van der Waals surface area contributed by atoms with Crippen LogP contribution in [0.1, 0.15) is 0 Å². The van der Waals surface area contributed by atoms with Gasteiger partial charge in [-0.05, 0) is 53.2 Å². The number of rotatable bonds is 4. The van der Waals surface area contributed by atoms with Crippen molar-refractivity contribution in [3.05, 3.63) is 152 Å². The molecular weight excluding hydrogens is 590 g/mol. The predicted octanol–water partition coefficient (Wildman–Crippen LogP) is 10.4. The Labute approximate surface area is 274 Å². The van der Waals surface area contributed by atoms with Gasteiger partial charge in [0.25, 0.3) is 0 Å². The average Bonchev–Trinajstić information content (AvgIpc) is 3.69. The van der Waals surface area contributed by atoms with E-state index in [-0.39, 0.29) is 0 Å². The fourth-order valence-corrected chi connectivity index (χ4v) is 6.86. The molecule has 6 aromatic carbocycles. The second-order valence-electron chi connectivity index (χ2n) is 11.9. The third kappa shape index (κ3) is 4.13. The van der Waals surface area contributed by atoms with Gasteiger partial charge >= 0.3 is 0 Å². The van der Waals surface area contributed by atoms with Crippen molar-refractivity contribution in [2.24, 2.45) is 0 Å². The summed E-state index contributed by atoms with van der Waals surface area (Å²) in [5.41, 5.74) is 7.35. The lowest BCUT2D eigenvalue weighted by molar-refractivity contribution is 0.668. The zero-order valence-corrected chi connectivity index (χ0v) is 25.6.